The average Bonchev–Trinajstić information content (AvgIpc) is 3.18. The number of benzene rings is 2. The summed E-state index contributed by atoms with van der Waals surface area (Å²) in [6, 6.07) is 9.19. The predicted molar refractivity (Wildman–Crippen MR) is 135 cm³/mol. The number of nitrogens with zero attached hydrogens (tertiary/aromatic N) is 2. The van der Waals surface area contributed by atoms with Gasteiger partial charge in [0.1, 0.15) is 17.5 Å². The van der Waals surface area contributed by atoms with Gasteiger partial charge in [0, 0.05) is 11.6 Å². The third-order valence-corrected chi connectivity index (χ3v) is 6.74. The number of phenols is 1. The molecule has 1 aliphatic heterocycles. The molecular weight excluding hydrogens is 484 g/mol. The summed E-state index contributed by atoms with van der Waals surface area (Å²) in [5.41, 5.74) is 1.63. The van der Waals surface area contributed by atoms with Gasteiger partial charge in [-0.25, -0.2) is 9.79 Å². The van der Waals surface area contributed by atoms with E-state index in [2.05, 4.69) is 4.99 Å². The van der Waals surface area contributed by atoms with Crippen LogP contribution in [0, 0.1) is 0 Å². The number of hydrogen-bond acceptors (Lipinski definition) is 9. The predicted octanol–water partition coefficient (Wildman–Crippen LogP) is 2.53. The number of allylic oxidation sites excluding steroid dienone is 1. The number of esters is 1. The van der Waals surface area contributed by atoms with Crippen molar-refractivity contribution in [2.45, 2.75) is 19.9 Å². The molecule has 0 saturated carbocycles. The first-order chi connectivity index (χ1) is 17.3. The van der Waals surface area contributed by atoms with Crippen LogP contribution in [0.4, 0.5) is 0 Å². The molecule has 1 N–H and O–H groups in total. The lowest BCUT2D eigenvalue weighted by Crippen LogP contribution is -2.40. The Morgan fingerprint density at radius 1 is 1.11 bits per heavy atom. The zero-order valence-corrected chi connectivity index (χ0v) is 21.3. The molecule has 3 aromatic rings. The van der Waals surface area contributed by atoms with Gasteiger partial charge in [-0.05, 0) is 49.8 Å². The van der Waals surface area contributed by atoms with Crippen LogP contribution in [-0.2, 0) is 9.53 Å². The minimum absolute atomic E-state index is 0.00239. The Morgan fingerprint density at radius 3 is 2.53 bits per heavy atom. The molecule has 1 atom stereocenters. The monoisotopic (exact) mass is 510 g/mol. The molecule has 9 nitrogen and oxygen atoms in total. The van der Waals surface area contributed by atoms with Gasteiger partial charge in [0.05, 0.1) is 43.7 Å². The van der Waals surface area contributed by atoms with Gasteiger partial charge in [0.25, 0.3) is 5.56 Å². The molecule has 188 valence electrons. The molecule has 0 spiro atoms. The maximum Gasteiger partial charge on any atom is 0.338 e. The summed E-state index contributed by atoms with van der Waals surface area (Å²) in [5, 5.41) is 9.90. The minimum atomic E-state index is -0.822. The topological polar surface area (TPSA) is 109 Å². The second kappa shape index (κ2) is 10.3. The molecular formula is C26H26N2O7S. The van der Waals surface area contributed by atoms with Crippen LogP contribution in [0.15, 0.2) is 57.5 Å². The van der Waals surface area contributed by atoms with E-state index in [1.54, 1.807) is 57.4 Å². The van der Waals surface area contributed by atoms with Gasteiger partial charge in [-0.3, -0.25) is 9.36 Å². The fourth-order valence-corrected chi connectivity index (χ4v) is 5.11. The van der Waals surface area contributed by atoms with Crippen LogP contribution in [0.3, 0.4) is 0 Å². The SMILES string of the molecule is CCOC(=O)C1=C(C)N=c2sc(=Cc3ccc(O)c(OC)c3)c(=O)n2[C@H]1c1ccc(OC)cc1OC. The quantitative estimate of drug-likeness (QED) is 0.487. The molecule has 0 saturated heterocycles. The first-order valence-electron chi connectivity index (χ1n) is 11.1. The number of fused-ring (bicyclic) bond motifs is 1. The Bertz CT molecular complexity index is 1530. The van der Waals surface area contributed by atoms with Crippen molar-refractivity contribution in [3.8, 4) is 23.0 Å². The number of thiazole rings is 1. The Labute approximate surface area is 211 Å². The number of ether oxygens (including phenoxy) is 4. The van der Waals surface area contributed by atoms with Crippen LogP contribution in [0.5, 0.6) is 23.0 Å². The summed E-state index contributed by atoms with van der Waals surface area (Å²) in [5.74, 6) is 0.755. The van der Waals surface area contributed by atoms with Crippen molar-refractivity contribution >= 4 is 23.4 Å². The van der Waals surface area contributed by atoms with Crippen LogP contribution in [0.1, 0.15) is 31.0 Å². The summed E-state index contributed by atoms with van der Waals surface area (Å²) >= 11 is 1.20. The number of carbonyl (C=O) groups is 1. The molecule has 0 aliphatic carbocycles. The maximum atomic E-state index is 13.7. The first-order valence-corrected chi connectivity index (χ1v) is 11.9. The largest absolute Gasteiger partial charge is 0.504 e. The molecule has 10 heteroatoms. The second-order valence-corrected chi connectivity index (χ2v) is 8.85. The van der Waals surface area contributed by atoms with Crippen molar-refractivity contribution in [1.29, 1.82) is 0 Å². The molecule has 2 aromatic carbocycles. The third-order valence-electron chi connectivity index (χ3n) is 5.75. The number of methoxy groups -OCH3 is 3. The second-order valence-electron chi connectivity index (χ2n) is 7.84. The lowest BCUT2D eigenvalue weighted by Gasteiger charge is -2.26. The molecule has 0 radical (unpaired) electrons. The van der Waals surface area contributed by atoms with Crippen LogP contribution < -0.4 is 29.1 Å². The fourth-order valence-electron chi connectivity index (χ4n) is 4.07. The molecule has 0 amide bonds. The van der Waals surface area contributed by atoms with E-state index in [0.29, 0.717) is 37.7 Å². The van der Waals surface area contributed by atoms with E-state index in [1.807, 2.05) is 0 Å². The standard InChI is InChI=1S/C26H26N2O7S/c1-6-35-25(31)22-14(2)27-26-28(23(22)17-9-8-16(32-3)13-19(17)33-4)24(30)21(36-26)12-15-7-10-18(29)20(11-15)34-5/h7-13,23,29H,6H2,1-5H3/t23-/m0/s1. The minimum Gasteiger partial charge on any atom is -0.504 e. The number of carbonyl (C=O) groups excluding carboxylic acids is 1. The number of hydrogen-bond donors (Lipinski definition) is 1. The van der Waals surface area contributed by atoms with Gasteiger partial charge >= 0.3 is 5.97 Å². The number of aromatic nitrogens is 1. The molecule has 1 aromatic heterocycles. The highest BCUT2D eigenvalue weighted by Crippen LogP contribution is 2.37. The summed E-state index contributed by atoms with van der Waals surface area (Å²) in [6.07, 6.45) is 1.69. The Kier molecular flexibility index (Phi) is 7.16. The average molecular weight is 511 g/mol. The van der Waals surface area contributed by atoms with E-state index in [1.165, 1.54) is 36.2 Å². The Morgan fingerprint density at radius 2 is 1.86 bits per heavy atom. The van der Waals surface area contributed by atoms with E-state index in [-0.39, 0.29) is 29.2 Å². The van der Waals surface area contributed by atoms with Crippen LogP contribution in [0.25, 0.3) is 6.08 Å². The van der Waals surface area contributed by atoms with Crippen molar-refractivity contribution in [1.82, 2.24) is 4.57 Å². The van der Waals surface area contributed by atoms with Gasteiger partial charge in [-0.2, -0.15) is 0 Å². The lowest BCUT2D eigenvalue weighted by molar-refractivity contribution is -0.139. The van der Waals surface area contributed by atoms with Gasteiger partial charge < -0.3 is 24.1 Å². The molecule has 0 fully saturated rings. The zero-order chi connectivity index (χ0) is 26.0. The molecule has 0 unspecified atom stereocenters. The van der Waals surface area contributed by atoms with Gasteiger partial charge in [-0.1, -0.05) is 17.4 Å². The zero-order valence-electron chi connectivity index (χ0n) is 20.5. The summed E-state index contributed by atoms with van der Waals surface area (Å²) < 4.78 is 23.3. The normalized spacial score (nSPS) is 15.2. The van der Waals surface area contributed by atoms with Crippen molar-refractivity contribution < 1.29 is 28.8 Å². The van der Waals surface area contributed by atoms with Crippen LogP contribution in [-0.4, -0.2) is 43.6 Å². The molecule has 2 heterocycles. The number of rotatable bonds is 7. The van der Waals surface area contributed by atoms with E-state index < -0.39 is 12.0 Å². The molecule has 36 heavy (non-hydrogen) atoms. The molecule has 4 rings (SSSR count). The van der Waals surface area contributed by atoms with Crippen molar-refractivity contribution in [2.24, 2.45) is 4.99 Å². The van der Waals surface area contributed by atoms with E-state index >= 15 is 0 Å². The van der Waals surface area contributed by atoms with Gasteiger partial charge in [0.15, 0.2) is 16.3 Å². The van der Waals surface area contributed by atoms with Gasteiger partial charge in [-0.15, -0.1) is 0 Å². The summed E-state index contributed by atoms with van der Waals surface area (Å²) in [6.45, 7) is 3.62. The highest BCUT2D eigenvalue weighted by Gasteiger charge is 2.35. The maximum absolute atomic E-state index is 13.7. The van der Waals surface area contributed by atoms with E-state index in [9.17, 15) is 14.7 Å². The van der Waals surface area contributed by atoms with Crippen molar-refractivity contribution in [3.63, 3.8) is 0 Å². The van der Waals surface area contributed by atoms with E-state index in [4.69, 9.17) is 18.9 Å². The fraction of sp³-hybridized carbons (Fsp3) is 0.269. The van der Waals surface area contributed by atoms with Gasteiger partial charge in [0.2, 0.25) is 0 Å². The van der Waals surface area contributed by atoms with Crippen LogP contribution >= 0.6 is 11.3 Å². The van der Waals surface area contributed by atoms with Crippen LogP contribution in [0.2, 0.25) is 0 Å². The first kappa shape index (κ1) is 25.1. The summed E-state index contributed by atoms with van der Waals surface area (Å²) in [7, 11) is 4.51. The number of phenolic OH excluding ortho intramolecular Hbond substituents is 1. The van der Waals surface area contributed by atoms with Crippen molar-refractivity contribution in [2.75, 3.05) is 27.9 Å². The molecule has 1 aliphatic rings. The van der Waals surface area contributed by atoms with E-state index in [0.717, 1.165) is 0 Å². The summed E-state index contributed by atoms with van der Waals surface area (Å²) in [4.78, 5) is 31.8. The van der Waals surface area contributed by atoms with Crippen molar-refractivity contribution in [3.05, 3.63) is 78.5 Å². The third kappa shape index (κ3) is 4.47. The number of aromatic hydroxyl groups is 1. The lowest BCUT2D eigenvalue weighted by atomic mass is 9.95. The Hall–Kier alpha value is -4.05. The smallest absolute Gasteiger partial charge is 0.338 e. The Balaban J connectivity index is 1.98. The molecule has 0 bridgehead atoms. The highest BCUT2D eigenvalue weighted by atomic mass is 32.1. The highest BCUT2D eigenvalue weighted by molar-refractivity contribution is 7.07.